The van der Waals surface area contributed by atoms with Crippen molar-refractivity contribution in [1.82, 2.24) is 0 Å². The Hall–Kier alpha value is -1.03. The molecule has 0 heterocycles. The summed E-state index contributed by atoms with van der Waals surface area (Å²) in [5.41, 5.74) is 9.26. The number of halogens is 2. The smallest absolute Gasteiger partial charge is 0.0513 e. The minimum Gasteiger partial charge on any atom is -0.367 e. The van der Waals surface area contributed by atoms with Crippen molar-refractivity contribution in [2.24, 2.45) is 5.73 Å². The summed E-state index contributed by atoms with van der Waals surface area (Å²) in [5.74, 6) is 0. The van der Waals surface area contributed by atoms with Gasteiger partial charge in [-0.3, -0.25) is 0 Å². The van der Waals surface area contributed by atoms with Crippen LogP contribution in [0, 0.1) is 0 Å². The molecule has 112 valence electrons. The van der Waals surface area contributed by atoms with Gasteiger partial charge >= 0.3 is 0 Å². The molecule has 1 atom stereocenters. The van der Waals surface area contributed by atoms with Crippen LogP contribution in [-0.4, -0.2) is 13.6 Å². The van der Waals surface area contributed by atoms with Gasteiger partial charge in [-0.15, -0.1) is 0 Å². The van der Waals surface area contributed by atoms with Gasteiger partial charge in [0.2, 0.25) is 0 Å². The van der Waals surface area contributed by atoms with Crippen LogP contribution in [0.3, 0.4) is 0 Å². The van der Waals surface area contributed by atoms with Crippen molar-refractivity contribution in [3.05, 3.63) is 63.1 Å². The van der Waals surface area contributed by atoms with Crippen LogP contribution in [0.5, 0.6) is 0 Å². The van der Waals surface area contributed by atoms with Gasteiger partial charge in [-0.25, -0.2) is 0 Å². The molecule has 0 saturated heterocycles. The van der Waals surface area contributed by atoms with E-state index in [1.165, 1.54) is 16.8 Å². The van der Waals surface area contributed by atoms with Gasteiger partial charge < -0.3 is 10.6 Å². The highest BCUT2D eigenvalue weighted by Gasteiger charge is 2.14. The van der Waals surface area contributed by atoms with Crippen LogP contribution in [0.15, 0.2) is 46.9 Å². The van der Waals surface area contributed by atoms with Gasteiger partial charge in [0.25, 0.3) is 0 Å². The molecule has 0 aliphatic heterocycles. The average Bonchev–Trinajstić information content (AvgIpc) is 2.47. The maximum atomic E-state index is 5.95. The van der Waals surface area contributed by atoms with Crippen molar-refractivity contribution in [1.29, 1.82) is 0 Å². The van der Waals surface area contributed by atoms with Gasteiger partial charge in [-0.05, 0) is 71.2 Å². The molecule has 0 aromatic heterocycles. The standard InChI is InChI=1S/C17H20BrClN2/c1-12(14-4-6-15(19)7-5-14)21(2)17-8-3-13(9-10-20)11-16(17)18/h3-8,11-12H,9-10,20H2,1-2H3. The zero-order chi connectivity index (χ0) is 15.4. The number of benzene rings is 2. The fourth-order valence-corrected chi connectivity index (χ4v) is 3.16. The molecular formula is C17H20BrClN2. The molecule has 1 unspecified atom stereocenters. The van der Waals surface area contributed by atoms with Crippen molar-refractivity contribution in [3.8, 4) is 0 Å². The first-order chi connectivity index (χ1) is 10.0. The second-order valence-electron chi connectivity index (χ2n) is 5.16. The first kappa shape index (κ1) is 16.3. The molecule has 2 aromatic rings. The number of anilines is 1. The summed E-state index contributed by atoms with van der Waals surface area (Å²) < 4.78 is 1.09. The Balaban J connectivity index is 2.22. The second kappa shape index (κ2) is 7.30. The van der Waals surface area contributed by atoms with E-state index in [1.54, 1.807) is 0 Å². The Morgan fingerprint density at radius 1 is 1.19 bits per heavy atom. The van der Waals surface area contributed by atoms with E-state index in [4.69, 9.17) is 17.3 Å². The molecule has 0 radical (unpaired) electrons. The molecule has 2 N–H and O–H groups in total. The Labute approximate surface area is 140 Å². The van der Waals surface area contributed by atoms with E-state index in [9.17, 15) is 0 Å². The minimum atomic E-state index is 0.263. The van der Waals surface area contributed by atoms with Gasteiger partial charge in [0.1, 0.15) is 0 Å². The number of hydrogen-bond acceptors (Lipinski definition) is 2. The molecule has 21 heavy (non-hydrogen) atoms. The number of nitrogens with two attached hydrogens (primary N) is 1. The highest BCUT2D eigenvalue weighted by molar-refractivity contribution is 9.10. The van der Waals surface area contributed by atoms with Crippen LogP contribution < -0.4 is 10.6 Å². The van der Waals surface area contributed by atoms with E-state index in [-0.39, 0.29) is 6.04 Å². The van der Waals surface area contributed by atoms with Crippen LogP contribution in [0.1, 0.15) is 24.1 Å². The Kier molecular flexibility index (Phi) is 5.68. The fourth-order valence-electron chi connectivity index (χ4n) is 2.33. The summed E-state index contributed by atoms with van der Waals surface area (Å²) in [5, 5.41) is 0.765. The van der Waals surface area contributed by atoms with Crippen LogP contribution >= 0.6 is 27.5 Å². The zero-order valence-electron chi connectivity index (χ0n) is 12.3. The van der Waals surface area contributed by atoms with Gasteiger partial charge in [-0.1, -0.05) is 29.8 Å². The summed E-state index contributed by atoms with van der Waals surface area (Å²) in [7, 11) is 2.10. The minimum absolute atomic E-state index is 0.263. The number of rotatable bonds is 5. The van der Waals surface area contributed by atoms with Gasteiger partial charge in [0.05, 0.1) is 11.7 Å². The molecule has 2 rings (SSSR count). The molecule has 0 bridgehead atoms. The molecule has 0 amide bonds. The molecule has 0 aliphatic carbocycles. The SMILES string of the molecule is CC(c1ccc(Cl)cc1)N(C)c1ccc(CCN)cc1Br. The highest BCUT2D eigenvalue weighted by Crippen LogP contribution is 2.32. The van der Waals surface area contributed by atoms with Crippen molar-refractivity contribution in [2.45, 2.75) is 19.4 Å². The largest absolute Gasteiger partial charge is 0.367 e. The lowest BCUT2D eigenvalue weighted by atomic mass is 10.1. The molecule has 2 nitrogen and oxygen atoms in total. The Bertz CT molecular complexity index is 598. The Morgan fingerprint density at radius 2 is 1.86 bits per heavy atom. The van der Waals surface area contributed by atoms with Crippen LogP contribution in [-0.2, 0) is 6.42 Å². The van der Waals surface area contributed by atoms with Crippen molar-refractivity contribution >= 4 is 33.2 Å². The predicted molar refractivity (Wildman–Crippen MR) is 95.2 cm³/mol. The third-order valence-corrected chi connectivity index (χ3v) is 4.65. The molecular weight excluding hydrogens is 348 g/mol. The first-order valence-electron chi connectivity index (χ1n) is 6.99. The summed E-state index contributed by atoms with van der Waals surface area (Å²) in [6, 6.07) is 14.7. The zero-order valence-corrected chi connectivity index (χ0v) is 14.7. The monoisotopic (exact) mass is 366 g/mol. The van der Waals surface area contributed by atoms with Crippen LogP contribution in [0.25, 0.3) is 0 Å². The normalized spacial score (nSPS) is 12.2. The summed E-state index contributed by atoms with van der Waals surface area (Å²) in [6.07, 6.45) is 0.898. The maximum absolute atomic E-state index is 5.95. The van der Waals surface area contributed by atoms with Gasteiger partial charge in [0, 0.05) is 16.5 Å². The summed E-state index contributed by atoms with van der Waals surface area (Å²) in [6.45, 7) is 2.85. The van der Waals surface area contributed by atoms with Crippen LogP contribution in [0.4, 0.5) is 5.69 Å². The van der Waals surface area contributed by atoms with Crippen LogP contribution in [0.2, 0.25) is 5.02 Å². The number of hydrogen-bond donors (Lipinski definition) is 1. The molecule has 0 aliphatic rings. The highest BCUT2D eigenvalue weighted by atomic mass is 79.9. The first-order valence-corrected chi connectivity index (χ1v) is 8.17. The second-order valence-corrected chi connectivity index (χ2v) is 6.45. The van der Waals surface area contributed by atoms with Crippen molar-refractivity contribution < 1.29 is 0 Å². The van der Waals surface area contributed by atoms with E-state index in [0.29, 0.717) is 6.54 Å². The molecule has 4 heteroatoms. The predicted octanol–water partition coefficient (Wildman–Crippen LogP) is 4.80. The molecule has 0 spiro atoms. The maximum Gasteiger partial charge on any atom is 0.0513 e. The summed E-state index contributed by atoms with van der Waals surface area (Å²) in [4.78, 5) is 2.25. The van der Waals surface area contributed by atoms with Gasteiger partial charge in [-0.2, -0.15) is 0 Å². The lowest BCUT2D eigenvalue weighted by Crippen LogP contribution is -2.22. The third kappa shape index (κ3) is 4.00. The molecule has 0 saturated carbocycles. The van der Waals surface area contributed by atoms with E-state index >= 15 is 0 Å². The molecule has 0 fully saturated rings. The average molecular weight is 368 g/mol. The van der Waals surface area contributed by atoms with E-state index in [0.717, 1.165) is 15.9 Å². The molecule has 2 aromatic carbocycles. The summed E-state index contributed by atoms with van der Waals surface area (Å²) >= 11 is 9.62. The third-order valence-electron chi connectivity index (χ3n) is 3.76. The van der Waals surface area contributed by atoms with E-state index < -0.39 is 0 Å². The van der Waals surface area contributed by atoms with Gasteiger partial charge in [0.15, 0.2) is 0 Å². The van der Waals surface area contributed by atoms with E-state index in [2.05, 4.69) is 65.1 Å². The topological polar surface area (TPSA) is 29.3 Å². The van der Waals surface area contributed by atoms with Crippen molar-refractivity contribution in [2.75, 3.05) is 18.5 Å². The Morgan fingerprint density at radius 3 is 2.43 bits per heavy atom. The lowest BCUT2D eigenvalue weighted by molar-refractivity contribution is 0.738. The quantitative estimate of drug-likeness (QED) is 0.822. The van der Waals surface area contributed by atoms with E-state index in [1.807, 2.05) is 12.1 Å². The lowest BCUT2D eigenvalue weighted by Gasteiger charge is -2.28. The van der Waals surface area contributed by atoms with Crippen molar-refractivity contribution in [3.63, 3.8) is 0 Å². The fraction of sp³-hybridized carbons (Fsp3) is 0.294. The number of nitrogens with zero attached hydrogens (tertiary/aromatic N) is 1.